The molecule has 13 heteroatoms. The summed E-state index contributed by atoms with van der Waals surface area (Å²) in [6.07, 6.45) is -7.16. The number of amides is 1. The highest BCUT2D eigenvalue weighted by atomic mass is 19.4. The maximum absolute atomic E-state index is 14.2. The number of alkyl halides is 6. The highest BCUT2D eigenvalue weighted by Gasteiger charge is 2.42. The fourth-order valence-corrected chi connectivity index (χ4v) is 6.52. The largest absolute Gasteiger partial charge is 0.466 e. The number of aliphatic hydroxyl groups is 1. The molecule has 0 radical (unpaired) electrons. The molecule has 2 aromatic carbocycles. The first-order valence-electron chi connectivity index (χ1n) is 15.9. The third kappa shape index (κ3) is 8.42. The van der Waals surface area contributed by atoms with Gasteiger partial charge in [-0.2, -0.15) is 26.3 Å². The number of aryl methyl sites for hydroxylation is 1. The van der Waals surface area contributed by atoms with Gasteiger partial charge < -0.3 is 14.7 Å². The second-order valence-electron chi connectivity index (χ2n) is 13.0. The number of aliphatic hydroxyl groups excluding tert-OH is 1. The van der Waals surface area contributed by atoms with Crippen LogP contribution in [0.15, 0.2) is 42.5 Å². The van der Waals surface area contributed by atoms with Crippen molar-refractivity contribution in [2.75, 3.05) is 18.6 Å². The van der Waals surface area contributed by atoms with Crippen LogP contribution in [0.25, 0.3) is 11.1 Å². The average Bonchev–Trinajstić information content (AvgIpc) is 3.03. The van der Waals surface area contributed by atoms with E-state index >= 15 is 0 Å². The second-order valence-corrected chi connectivity index (χ2v) is 13.0. The lowest BCUT2D eigenvalue weighted by Crippen LogP contribution is -2.42. The molecule has 266 valence electrons. The minimum Gasteiger partial charge on any atom is -0.466 e. The molecule has 1 aliphatic rings. The van der Waals surface area contributed by atoms with Gasteiger partial charge in [-0.15, -0.1) is 0 Å². The summed E-state index contributed by atoms with van der Waals surface area (Å²) >= 11 is 0. The minimum atomic E-state index is -5.12. The van der Waals surface area contributed by atoms with Crippen LogP contribution in [-0.4, -0.2) is 35.6 Å². The Morgan fingerprint density at radius 3 is 1.98 bits per heavy atom. The summed E-state index contributed by atoms with van der Waals surface area (Å²) in [7, 11) is 1.31. The molecule has 1 aliphatic carbocycles. The topological polar surface area (TPSA) is 79.7 Å². The summed E-state index contributed by atoms with van der Waals surface area (Å²) in [5, 5.41) is 10.6. The average molecular weight is 697 g/mol. The monoisotopic (exact) mass is 696 g/mol. The van der Waals surface area contributed by atoms with Gasteiger partial charge in [0.15, 0.2) is 0 Å². The number of esters is 1. The normalized spacial score (nSPS) is 17.2. The van der Waals surface area contributed by atoms with Gasteiger partial charge in [0.05, 0.1) is 41.1 Å². The van der Waals surface area contributed by atoms with Crippen LogP contribution < -0.4 is 4.90 Å². The van der Waals surface area contributed by atoms with E-state index in [0.717, 1.165) is 17.7 Å². The van der Waals surface area contributed by atoms with E-state index in [9.17, 15) is 45.4 Å². The van der Waals surface area contributed by atoms with Gasteiger partial charge >= 0.3 is 18.3 Å². The SMILES string of the molecule is CCOC(=O)CC1CCC(c2cc(-c3ccc(F)cc3C)c(N(C)C(=O)C(C)(C)c3cc(C(F)(F)F)cc(C(F)(F)F)c3)c(CO)n2)CC1. The summed E-state index contributed by atoms with van der Waals surface area (Å²) in [6, 6.07) is 6.78. The summed E-state index contributed by atoms with van der Waals surface area (Å²) in [6.45, 7) is 5.47. The Labute approximate surface area is 280 Å². The number of likely N-dealkylation sites (N-methyl/N-ethyl adjacent to an activating group) is 1. The van der Waals surface area contributed by atoms with Crippen molar-refractivity contribution in [1.82, 2.24) is 4.98 Å². The van der Waals surface area contributed by atoms with Crippen molar-refractivity contribution >= 4 is 17.6 Å². The van der Waals surface area contributed by atoms with E-state index < -0.39 is 52.8 Å². The van der Waals surface area contributed by atoms with Gasteiger partial charge in [0.25, 0.3) is 0 Å². The van der Waals surface area contributed by atoms with Gasteiger partial charge in [0.2, 0.25) is 5.91 Å². The molecule has 1 heterocycles. The van der Waals surface area contributed by atoms with Crippen LogP contribution in [0.4, 0.5) is 36.4 Å². The lowest BCUT2D eigenvalue weighted by molar-refractivity contribution is -0.145. The van der Waals surface area contributed by atoms with Crippen LogP contribution in [0.5, 0.6) is 0 Å². The van der Waals surface area contributed by atoms with Crippen molar-refractivity contribution in [3.8, 4) is 11.1 Å². The maximum atomic E-state index is 14.2. The Hall–Kier alpha value is -4.00. The number of ether oxygens (including phenoxy) is 1. The van der Waals surface area contributed by atoms with Gasteiger partial charge in [-0.05, 0) is 112 Å². The summed E-state index contributed by atoms with van der Waals surface area (Å²) in [5.41, 5.74) is -3.47. The van der Waals surface area contributed by atoms with Gasteiger partial charge in [-0.25, -0.2) is 4.39 Å². The first kappa shape index (κ1) is 37.8. The maximum Gasteiger partial charge on any atom is 0.416 e. The molecule has 6 nitrogen and oxygen atoms in total. The molecule has 0 atom stereocenters. The van der Waals surface area contributed by atoms with Crippen molar-refractivity contribution in [1.29, 1.82) is 0 Å². The van der Waals surface area contributed by atoms with E-state index in [4.69, 9.17) is 9.72 Å². The van der Waals surface area contributed by atoms with E-state index in [1.165, 1.54) is 39.1 Å². The Morgan fingerprint density at radius 1 is 0.898 bits per heavy atom. The van der Waals surface area contributed by atoms with Crippen LogP contribution >= 0.6 is 0 Å². The van der Waals surface area contributed by atoms with Crippen molar-refractivity contribution in [3.05, 3.63) is 81.9 Å². The van der Waals surface area contributed by atoms with Crippen LogP contribution in [-0.2, 0) is 38.7 Å². The molecule has 1 saturated carbocycles. The van der Waals surface area contributed by atoms with E-state index in [1.54, 1.807) is 19.9 Å². The molecule has 0 bridgehead atoms. The van der Waals surface area contributed by atoms with Crippen LogP contribution in [0.1, 0.15) is 92.4 Å². The van der Waals surface area contributed by atoms with Crippen molar-refractivity contribution in [2.24, 2.45) is 5.92 Å². The van der Waals surface area contributed by atoms with Crippen molar-refractivity contribution < 1.29 is 50.2 Å². The van der Waals surface area contributed by atoms with Gasteiger partial charge in [-0.1, -0.05) is 6.07 Å². The number of anilines is 1. The summed E-state index contributed by atoms with van der Waals surface area (Å²) < 4.78 is 102. The number of aromatic nitrogens is 1. The molecule has 4 rings (SSSR count). The number of benzene rings is 2. The highest BCUT2D eigenvalue weighted by Crippen LogP contribution is 2.44. The van der Waals surface area contributed by atoms with E-state index in [-0.39, 0.29) is 35.3 Å². The predicted molar refractivity (Wildman–Crippen MR) is 169 cm³/mol. The van der Waals surface area contributed by atoms with Crippen molar-refractivity contribution in [3.63, 3.8) is 0 Å². The number of pyridine rings is 1. The standard InChI is InChI=1S/C36H39F7N2O4/c1-6-49-31(47)14-21-7-9-22(10-8-21)29-18-28(27-12-11-26(37)13-20(27)2)32(30(19-46)44-29)45(5)33(48)34(3,4)23-15-24(35(38,39)40)17-25(16-23)36(41,42)43/h11-13,15-18,21-22,46H,6-10,14,19H2,1-5H3. The third-order valence-corrected chi connectivity index (χ3v) is 9.22. The molecule has 1 N–H and O–H groups in total. The van der Waals surface area contributed by atoms with Gasteiger partial charge in [0.1, 0.15) is 5.82 Å². The fourth-order valence-electron chi connectivity index (χ4n) is 6.52. The molecule has 1 aromatic heterocycles. The van der Waals surface area contributed by atoms with E-state index in [0.29, 0.717) is 60.4 Å². The number of nitrogens with zero attached hydrogens (tertiary/aromatic N) is 2. The molecule has 49 heavy (non-hydrogen) atoms. The smallest absolute Gasteiger partial charge is 0.416 e. The van der Waals surface area contributed by atoms with Crippen LogP contribution in [0, 0.1) is 18.7 Å². The number of hydrogen-bond donors (Lipinski definition) is 1. The fraction of sp³-hybridized carbons (Fsp3) is 0.472. The number of hydrogen-bond acceptors (Lipinski definition) is 5. The first-order valence-corrected chi connectivity index (χ1v) is 15.9. The Bertz CT molecular complexity index is 1660. The number of rotatable bonds is 9. The van der Waals surface area contributed by atoms with Crippen molar-refractivity contribution in [2.45, 2.75) is 90.1 Å². The summed E-state index contributed by atoms with van der Waals surface area (Å²) in [4.78, 5) is 32.0. The van der Waals surface area contributed by atoms with Gasteiger partial charge in [-0.3, -0.25) is 14.6 Å². The Morgan fingerprint density at radius 2 is 1.47 bits per heavy atom. The highest BCUT2D eigenvalue weighted by molar-refractivity contribution is 6.04. The molecule has 3 aromatic rings. The number of halogens is 7. The molecule has 0 spiro atoms. The van der Waals surface area contributed by atoms with Gasteiger partial charge in [0, 0.05) is 30.6 Å². The molecule has 1 fully saturated rings. The second kappa shape index (κ2) is 14.5. The lowest BCUT2D eigenvalue weighted by atomic mass is 9.78. The molecular formula is C36H39F7N2O4. The first-order chi connectivity index (χ1) is 22.8. The molecular weight excluding hydrogens is 657 g/mol. The van der Waals surface area contributed by atoms with E-state index in [1.807, 2.05) is 0 Å². The predicted octanol–water partition coefficient (Wildman–Crippen LogP) is 8.89. The molecule has 0 aliphatic heterocycles. The van der Waals surface area contributed by atoms with Crippen LogP contribution in [0.3, 0.4) is 0 Å². The molecule has 0 saturated heterocycles. The quantitative estimate of drug-likeness (QED) is 0.179. The number of carbonyl (C=O) groups excluding carboxylic acids is 2. The Balaban J connectivity index is 1.80. The van der Waals surface area contributed by atoms with Crippen LogP contribution in [0.2, 0.25) is 0 Å². The minimum absolute atomic E-state index is 0.0000108. The zero-order valence-corrected chi connectivity index (χ0v) is 27.9. The summed E-state index contributed by atoms with van der Waals surface area (Å²) in [5.74, 6) is -1.61. The lowest BCUT2D eigenvalue weighted by Gasteiger charge is -2.34. The third-order valence-electron chi connectivity index (χ3n) is 9.22. The Kier molecular flexibility index (Phi) is 11.2. The van der Waals surface area contributed by atoms with E-state index in [2.05, 4.69) is 0 Å². The molecule has 1 amide bonds. The molecule has 0 unspecified atom stereocenters. The zero-order valence-electron chi connectivity index (χ0n) is 27.9. The zero-order chi connectivity index (χ0) is 36.5. The number of carbonyl (C=O) groups is 2.